The number of nitrogens with zero attached hydrogens (tertiary/aromatic N) is 2. The van der Waals surface area contributed by atoms with Gasteiger partial charge in [0.25, 0.3) is 6.71 Å². The van der Waals surface area contributed by atoms with E-state index in [1.54, 1.807) is 0 Å². The number of hydrogen-bond donors (Lipinski definition) is 3. The van der Waals surface area contributed by atoms with E-state index in [-0.39, 0.29) is 12.6 Å². The third-order valence-corrected chi connectivity index (χ3v) is 4.92. The number of β-amino-alcohol motifs (C(OH)–C–C–N with tert-alkyl or cyclic N) is 1. The number of nitrogens with one attached hydrogen (secondary N) is 1. The van der Waals surface area contributed by atoms with E-state index >= 15 is 0 Å². The van der Waals surface area contributed by atoms with Crippen LogP contribution in [0, 0.1) is 17.1 Å². The first-order valence-electron chi connectivity index (χ1n) is 9.65. The molecule has 3 N–H and O–H groups in total. The molecule has 27 heavy (non-hydrogen) atoms. The van der Waals surface area contributed by atoms with Crippen molar-refractivity contribution >= 4 is 12.6 Å². The van der Waals surface area contributed by atoms with Crippen LogP contribution in [0.25, 0.3) is 0 Å². The molecule has 1 unspecified atom stereocenters. The first kappa shape index (κ1) is 21.4. The molecule has 1 aliphatic heterocycles. The van der Waals surface area contributed by atoms with E-state index in [9.17, 15) is 15.0 Å². The molecule has 0 radical (unpaired) electrons. The number of carbonyl (C=O) groups excluding carboxylic acids is 1. The summed E-state index contributed by atoms with van der Waals surface area (Å²) in [6.07, 6.45) is 1.86. The highest BCUT2D eigenvalue weighted by atomic mass is 16.3. The third kappa shape index (κ3) is 7.71. The van der Waals surface area contributed by atoms with Gasteiger partial charge in [0.05, 0.1) is 6.10 Å². The van der Waals surface area contributed by atoms with E-state index in [1.807, 2.05) is 30.3 Å². The number of hydrogen-bond acceptors (Lipinski definition) is 5. The van der Waals surface area contributed by atoms with E-state index in [4.69, 9.17) is 5.26 Å². The van der Waals surface area contributed by atoms with Crippen LogP contribution in [0.1, 0.15) is 25.8 Å². The Balaban J connectivity index is 1.96. The molecule has 2 rings (SSSR count). The Morgan fingerprint density at radius 3 is 2.52 bits per heavy atom. The second-order valence-corrected chi connectivity index (χ2v) is 8.03. The van der Waals surface area contributed by atoms with Crippen molar-refractivity contribution in [1.82, 2.24) is 10.2 Å². The number of amides is 1. The predicted molar refractivity (Wildman–Crippen MR) is 106 cm³/mol. The zero-order valence-corrected chi connectivity index (χ0v) is 16.3. The van der Waals surface area contributed by atoms with Gasteiger partial charge in [0, 0.05) is 18.4 Å². The molecule has 146 valence electrons. The maximum Gasteiger partial charge on any atom is 0.270 e. The summed E-state index contributed by atoms with van der Waals surface area (Å²) in [5.74, 6) is 1.63. The maximum absolute atomic E-state index is 12.6. The van der Waals surface area contributed by atoms with Crippen LogP contribution in [0.4, 0.5) is 0 Å². The lowest BCUT2D eigenvalue weighted by atomic mass is 9.45. The molecule has 1 aromatic rings. The Morgan fingerprint density at radius 1 is 1.33 bits per heavy atom. The zero-order valence-electron chi connectivity index (χ0n) is 16.3. The van der Waals surface area contributed by atoms with Crippen LogP contribution in [-0.4, -0.2) is 59.2 Å². The minimum absolute atomic E-state index is 0.113. The number of benzene rings is 1. The summed E-state index contributed by atoms with van der Waals surface area (Å²) >= 11 is 0. The fourth-order valence-corrected chi connectivity index (χ4v) is 3.53. The maximum atomic E-state index is 12.6. The Morgan fingerprint density at radius 2 is 1.96 bits per heavy atom. The van der Waals surface area contributed by atoms with Crippen LogP contribution >= 0.6 is 0 Å². The molecule has 0 spiro atoms. The van der Waals surface area contributed by atoms with Crippen LogP contribution < -0.4 is 5.32 Å². The van der Waals surface area contributed by atoms with Crippen molar-refractivity contribution in [3.63, 3.8) is 0 Å². The molecule has 0 bridgehead atoms. The van der Waals surface area contributed by atoms with Gasteiger partial charge in [-0.1, -0.05) is 30.3 Å². The molecule has 1 heterocycles. The minimum atomic E-state index is -1.30. The third-order valence-electron chi connectivity index (χ3n) is 4.92. The minimum Gasteiger partial charge on any atom is -0.392 e. The molecule has 1 amide bonds. The van der Waals surface area contributed by atoms with Gasteiger partial charge in [0.1, 0.15) is 5.72 Å². The van der Waals surface area contributed by atoms with Crippen molar-refractivity contribution in [3.8, 4) is 5.97 Å². The highest BCUT2D eigenvalue weighted by Gasteiger charge is 2.28. The van der Waals surface area contributed by atoms with Gasteiger partial charge in [0.15, 0.2) is 0 Å². The van der Waals surface area contributed by atoms with Crippen LogP contribution in [0.5, 0.6) is 0 Å². The smallest absolute Gasteiger partial charge is 0.270 e. The van der Waals surface area contributed by atoms with Gasteiger partial charge in [0.2, 0.25) is 5.91 Å². The first-order valence-corrected chi connectivity index (χ1v) is 9.65. The molecule has 1 saturated heterocycles. The Bertz CT molecular complexity index is 634. The Kier molecular flexibility index (Phi) is 7.84. The highest BCUT2D eigenvalue weighted by molar-refractivity contribution is 6.67. The van der Waals surface area contributed by atoms with Gasteiger partial charge in [-0.3, -0.25) is 4.79 Å². The Labute approximate surface area is 162 Å². The molecule has 0 aromatic heterocycles. The predicted octanol–water partition coefficient (Wildman–Crippen LogP) is 1.31. The number of carbonyl (C=O) groups is 1. The molecule has 0 saturated carbocycles. The highest BCUT2D eigenvalue weighted by Crippen LogP contribution is 2.18. The molecule has 1 aromatic carbocycles. The van der Waals surface area contributed by atoms with E-state index in [0.29, 0.717) is 19.4 Å². The molecular weight excluding hydrogens is 341 g/mol. The van der Waals surface area contributed by atoms with Crippen molar-refractivity contribution in [2.45, 2.75) is 51.2 Å². The second kappa shape index (κ2) is 9.89. The zero-order chi connectivity index (χ0) is 19.9. The first-order chi connectivity index (χ1) is 12.8. The van der Waals surface area contributed by atoms with Crippen molar-refractivity contribution in [3.05, 3.63) is 35.9 Å². The van der Waals surface area contributed by atoms with Crippen LogP contribution in [0.3, 0.4) is 0 Å². The Hall–Kier alpha value is -1.88. The van der Waals surface area contributed by atoms with Crippen molar-refractivity contribution in [2.75, 3.05) is 19.6 Å². The standard InChI is InChI=1S/C20H30BN3O3/c1-20(2,27)23-19(26)17(12-16-6-4-3-5-7-16)13-18(25)14-24-10-8-21(15-22)9-11-24/h3-7,17-18,25,27H,8-14H2,1-2H3,(H,23,26)/t17-,18?/m1/s1. The van der Waals surface area contributed by atoms with Gasteiger partial charge in [-0.2, -0.15) is 0 Å². The van der Waals surface area contributed by atoms with Crippen LogP contribution in [0.2, 0.25) is 12.6 Å². The summed E-state index contributed by atoms with van der Waals surface area (Å²) in [4.78, 5) is 14.8. The van der Waals surface area contributed by atoms with Crippen molar-refractivity contribution in [1.29, 1.82) is 5.26 Å². The summed E-state index contributed by atoms with van der Waals surface area (Å²) in [5.41, 5.74) is -0.272. The van der Waals surface area contributed by atoms with Crippen LogP contribution in [-0.2, 0) is 11.2 Å². The fraction of sp³-hybridized carbons (Fsp3) is 0.600. The van der Waals surface area contributed by atoms with E-state index in [0.717, 1.165) is 31.3 Å². The lowest BCUT2D eigenvalue weighted by molar-refractivity contribution is -0.132. The molecule has 2 atom stereocenters. The van der Waals surface area contributed by atoms with E-state index in [1.165, 1.54) is 13.8 Å². The van der Waals surface area contributed by atoms with E-state index < -0.39 is 17.7 Å². The summed E-state index contributed by atoms with van der Waals surface area (Å²) in [6.45, 7) is 5.27. The summed E-state index contributed by atoms with van der Waals surface area (Å²) < 4.78 is 0. The topological polar surface area (TPSA) is 96.6 Å². The number of aliphatic hydroxyl groups is 2. The summed E-state index contributed by atoms with van der Waals surface area (Å²) in [7, 11) is 0. The number of aliphatic hydroxyl groups excluding tert-OH is 1. The number of rotatable bonds is 8. The summed E-state index contributed by atoms with van der Waals surface area (Å²) in [6, 6.07) is 9.70. The molecule has 0 aliphatic carbocycles. The van der Waals surface area contributed by atoms with Gasteiger partial charge in [-0.15, -0.1) is 0 Å². The normalized spacial score (nSPS) is 17.8. The lowest BCUT2D eigenvalue weighted by Gasteiger charge is -2.31. The quantitative estimate of drug-likeness (QED) is 0.473. The molecular formula is C20H30BN3O3. The average Bonchev–Trinajstić information content (AvgIpc) is 2.61. The summed E-state index contributed by atoms with van der Waals surface area (Å²) in [5, 5.41) is 32.1. The van der Waals surface area contributed by atoms with Gasteiger partial charge >= 0.3 is 0 Å². The largest absolute Gasteiger partial charge is 0.392 e. The molecule has 6 nitrogen and oxygen atoms in total. The van der Waals surface area contributed by atoms with Crippen molar-refractivity contribution in [2.24, 2.45) is 5.92 Å². The lowest BCUT2D eigenvalue weighted by Crippen LogP contribution is -2.47. The van der Waals surface area contributed by atoms with Crippen LogP contribution in [0.15, 0.2) is 30.3 Å². The molecule has 7 heteroatoms. The number of nitriles is 1. The second-order valence-electron chi connectivity index (χ2n) is 8.03. The molecule has 1 aliphatic rings. The van der Waals surface area contributed by atoms with Gasteiger partial charge < -0.3 is 20.4 Å². The fourth-order valence-electron chi connectivity index (χ4n) is 3.53. The van der Waals surface area contributed by atoms with Gasteiger partial charge in [-0.25, -0.2) is 5.26 Å². The SMILES string of the molecule is CC(C)(O)NC(=O)[C@H](Cc1ccccc1)CC(O)CN1CCB(C#N)CC1. The average molecular weight is 371 g/mol. The van der Waals surface area contributed by atoms with E-state index in [2.05, 4.69) is 16.2 Å². The van der Waals surface area contributed by atoms with Gasteiger partial charge in [-0.05, 0) is 58.0 Å². The van der Waals surface area contributed by atoms with Crippen molar-refractivity contribution < 1.29 is 15.0 Å². The molecule has 1 fully saturated rings. The monoisotopic (exact) mass is 371 g/mol.